The third kappa shape index (κ3) is 3.31. The van der Waals surface area contributed by atoms with Gasteiger partial charge in [0.05, 0.1) is 27.9 Å². The van der Waals surface area contributed by atoms with Crippen molar-refractivity contribution in [3.8, 4) is 0 Å². The van der Waals surface area contributed by atoms with Crippen LogP contribution in [0.5, 0.6) is 0 Å². The Morgan fingerprint density at radius 2 is 2.03 bits per heavy atom. The number of nitro benzene ring substituents is 1. The highest BCUT2D eigenvalue weighted by Crippen LogP contribution is 2.43. The summed E-state index contributed by atoms with van der Waals surface area (Å²) in [6.45, 7) is 9.99. The monoisotopic (exact) mass is 435 g/mol. The molecule has 1 saturated heterocycles. The molecule has 3 aromatic rings. The van der Waals surface area contributed by atoms with Gasteiger partial charge in [0.15, 0.2) is 5.58 Å². The van der Waals surface area contributed by atoms with Gasteiger partial charge in [-0.05, 0) is 30.7 Å². The van der Waals surface area contributed by atoms with E-state index in [1.807, 2.05) is 24.1 Å². The third-order valence-electron chi connectivity index (χ3n) is 5.92. The first kappa shape index (κ1) is 20.2. The van der Waals surface area contributed by atoms with Gasteiger partial charge in [0.25, 0.3) is 5.69 Å². The maximum Gasteiger partial charge on any atom is 0.273 e. The summed E-state index contributed by atoms with van der Waals surface area (Å²) in [6, 6.07) is 7.70. The Balaban J connectivity index is 1.56. The second kappa shape index (κ2) is 7.76. The number of nitrogens with zero attached hydrogens (tertiary/aromatic N) is 4. The molecule has 2 aliphatic rings. The van der Waals surface area contributed by atoms with Crippen molar-refractivity contribution in [2.24, 2.45) is 0 Å². The van der Waals surface area contributed by atoms with Crippen molar-refractivity contribution in [1.82, 2.24) is 10.3 Å². The number of anilines is 2. The van der Waals surface area contributed by atoms with Crippen LogP contribution in [0.3, 0.4) is 0 Å². The molecule has 0 radical (unpaired) electrons. The molecule has 2 aromatic carbocycles. The zero-order chi connectivity index (χ0) is 22.4. The van der Waals surface area contributed by atoms with E-state index in [-0.39, 0.29) is 11.5 Å². The Labute approximate surface area is 183 Å². The van der Waals surface area contributed by atoms with Crippen LogP contribution in [0, 0.1) is 15.9 Å². The quantitative estimate of drug-likeness (QED) is 0.486. The number of hydrogen-bond donors (Lipinski definition) is 1. The standard InChI is InChI=1S/C23H22FN5O3/c1-3-27-13-17(23-26-19-5-4-15(29(30)31)10-22(19)32-23)14(2)16-11-18(24)21(12-20(16)27)28-8-6-25-7-9-28/h4-5,10-13,25H,2-3,6-9H2,1H3. The first-order valence-corrected chi connectivity index (χ1v) is 10.5. The molecule has 5 rings (SSSR count). The number of oxazole rings is 1. The van der Waals surface area contributed by atoms with E-state index in [9.17, 15) is 10.1 Å². The number of fused-ring (bicyclic) bond motifs is 2. The number of aromatic nitrogens is 1. The van der Waals surface area contributed by atoms with Gasteiger partial charge in [0.1, 0.15) is 11.3 Å². The molecule has 1 N–H and O–H groups in total. The molecule has 0 unspecified atom stereocenters. The van der Waals surface area contributed by atoms with E-state index in [2.05, 4.69) is 21.8 Å². The summed E-state index contributed by atoms with van der Waals surface area (Å²) in [5.41, 5.74) is 4.11. The van der Waals surface area contributed by atoms with Crippen molar-refractivity contribution in [3.05, 3.63) is 70.5 Å². The summed E-state index contributed by atoms with van der Waals surface area (Å²) in [5.74, 6) is -0.00141. The van der Waals surface area contributed by atoms with Crippen LogP contribution in [-0.2, 0) is 0 Å². The van der Waals surface area contributed by atoms with Gasteiger partial charge in [-0.3, -0.25) is 10.1 Å². The fraction of sp³-hybridized carbons (Fsp3) is 0.261. The largest absolute Gasteiger partial charge is 0.436 e. The van der Waals surface area contributed by atoms with Gasteiger partial charge in [0, 0.05) is 50.6 Å². The smallest absolute Gasteiger partial charge is 0.273 e. The van der Waals surface area contributed by atoms with E-state index in [1.165, 1.54) is 18.2 Å². The highest BCUT2D eigenvalue weighted by Gasteiger charge is 2.28. The van der Waals surface area contributed by atoms with Crippen LogP contribution in [0.2, 0.25) is 0 Å². The van der Waals surface area contributed by atoms with Gasteiger partial charge in [-0.25, -0.2) is 9.37 Å². The van der Waals surface area contributed by atoms with Crippen molar-refractivity contribution in [3.63, 3.8) is 0 Å². The highest BCUT2D eigenvalue weighted by atomic mass is 19.1. The maximum absolute atomic E-state index is 15.1. The summed E-state index contributed by atoms with van der Waals surface area (Å²) in [5, 5.41) is 14.4. The molecule has 0 atom stereocenters. The molecule has 0 spiro atoms. The fourth-order valence-electron chi connectivity index (χ4n) is 4.21. The second-order valence-electron chi connectivity index (χ2n) is 7.79. The normalized spacial score (nSPS) is 16.3. The maximum atomic E-state index is 15.1. The van der Waals surface area contributed by atoms with E-state index < -0.39 is 4.92 Å². The third-order valence-corrected chi connectivity index (χ3v) is 5.92. The van der Waals surface area contributed by atoms with Crippen LogP contribution in [0.1, 0.15) is 18.4 Å². The lowest BCUT2D eigenvalue weighted by Crippen LogP contribution is -2.44. The van der Waals surface area contributed by atoms with E-state index >= 15 is 4.39 Å². The van der Waals surface area contributed by atoms with Gasteiger partial charge in [0.2, 0.25) is 5.89 Å². The van der Waals surface area contributed by atoms with Crippen molar-refractivity contribution in [2.75, 3.05) is 42.5 Å². The molecule has 2 aliphatic heterocycles. The van der Waals surface area contributed by atoms with Gasteiger partial charge in [-0.15, -0.1) is 0 Å². The molecule has 0 bridgehead atoms. The lowest BCUT2D eigenvalue weighted by Gasteiger charge is -2.33. The predicted molar refractivity (Wildman–Crippen MR) is 122 cm³/mol. The van der Waals surface area contributed by atoms with Crippen LogP contribution < -0.4 is 15.1 Å². The Morgan fingerprint density at radius 3 is 2.75 bits per heavy atom. The zero-order valence-corrected chi connectivity index (χ0v) is 17.6. The number of nitro groups is 1. The molecular weight excluding hydrogens is 413 g/mol. The van der Waals surface area contributed by atoms with Gasteiger partial charge in [-0.1, -0.05) is 6.58 Å². The molecule has 0 saturated carbocycles. The minimum Gasteiger partial charge on any atom is -0.436 e. The lowest BCUT2D eigenvalue weighted by molar-refractivity contribution is -0.384. The SMILES string of the molecule is C=C1C(c2nc3ccc([N+](=O)[O-])cc3o2)=CN(CC)c2cc(N3CCNCC3)c(F)cc21. The first-order chi connectivity index (χ1) is 15.5. The average Bonchev–Trinajstić information content (AvgIpc) is 3.23. The lowest BCUT2D eigenvalue weighted by atomic mass is 9.93. The minimum atomic E-state index is -0.478. The topological polar surface area (TPSA) is 87.7 Å². The Kier molecular flexibility index (Phi) is 4.90. The minimum absolute atomic E-state index is 0.0697. The van der Waals surface area contributed by atoms with Crippen molar-refractivity contribution >= 4 is 39.3 Å². The van der Waals surface area contributed by atoms with Crippen LogP contribution in [0.4, 0.5) is 21.5 Å². The average molecular weight is 435 g/mol. The predicted octanol–water partition coefficient (Wildman–Crippen LogP) is 4.18. The number of nitrogens with one attached hydrogen (secondary N) is 1. The number of allylic oxidation sites excluding steroid dienone is 2. The van der Waals surface area contributed by atoms with Crippen LogP contribution in [0.15, 0.2) is 47.5 Å². The Bertz CT molecular complexity index is 1280. The summed E-state index contributed by atoms with van der Waals surface area (Å²) in [7, 11) is 0. The van der Waals surface area contributed by atoms with E-state index in [1.54, 1.807) is 6.07 Å². The molecule has 0 aliphatic carbocycles. The molecule has 8 nitrogen and oxygen atoms in total. The molecule has 1 fully saturated rings. The van der Waals surface area contributed by atoms with Crippen LogP contribution >= 0.6 is 0 Å². The number of piperazine rings is 1. The molecule has 32 heavy (non-hydrogen) atoms. The molecule has 3 heterocycles. The molecular formula is C23H22FN5O3. The molecule has 9 heteroatoms. The van der Waals surface area contributed by atoms with E-state index in [0.717, 1.165) is 31.9 Å². The molecule has 0 amide bonds. The van der Waals surface area contributed by atoms with Gasteiger partial charge in [-0.2, -0.15) is 0 Å². The van der Waals surface area contributed by atoms with Crippen molar-refractivity contribution in [1.29, 1.82) is 0 Å². The number of halogens is 1. The van der Waals surface area contributed by atoms with E-state index in [4.69, 9.17) is 4.42 Å². The number of hydrogen-bond acceptors (Lipinski definition) is 7. The highest BCUT2D eigenvalue weighted by molar-refractivity contribution is 6.08. The zero-order valence-electron chi connectivity index (χ0n) is 17.6. The first-order valence-electron chi connectivity index (χ1n) is 10.5. The van der Waals surface area contributed by atoms with Crippen molar-refractivity contribution < 1.29 is 13.7 Å². The molecule has 1 aromatic heterocycles. The number of benzene rings is 2. The van der Waals surface area contributed by atoms with Gasteiger partial charge < -0.3 is 19.5 Å². The summed E-state index contributed by atoms with van der Waals surface area (Å²) < 4.78 is 21.0. The Hall–Kier alpha value is -3.72. The Morgan fingerprint density at radius 1 is 1.25 bits per heavy atom. The summed E-state index contributed by atoms with van der Waals surface area (Å²) >= 11 is 0. The summed E-state index contributed by atoms with van der Waals surface area (Å²) in [6.07, 6.45) is 1.89. The van der Waals surface area contributed by atoms with Crippen molar-refractivity contribution in [2.45, 2.75) is 6.92 Å². The van der Waals surface area contributed by atoms with Gasteiger partial charge >= 0.3 is 0 Å². The number of rotatable bonds is 4. The van der Waals surface area contributed by atoms with Crippen LogP contribution in [0.25, 0.3) is 22.2 Å². The number of non-ortho nitro benzene ring substituents is 1. The summed E-state index contributed by atoms with van der Waals surface area (Å²) in [4.78, 5) is 19.1. The molecule has 164 valence electrons. The van der Waals surface area contributed by atoms with E-state index in [0.29, 0.717) is 45.9 Å². The fourth-order valence-corrected chi connectivity index (χ4v) is 4.21. The van der Waals surface area contributed by atoms with Crippen LogP contribution in [-0.4, -0.2) is 42.6 Å². The second-order valence-corrected chi connectivity index (χ2v) is 7.79.